The molecule has 1 aliphatic rings. The summed E-state index contributed by atoms with van der Waals surface area (Å²) in [4.78, 5) is 32.3. The molecule has 2 aromatic rings. The first kappa shape index (κ1) is 29.5. The second-order valence-electron chi connectivity index (χ2n) is 12.3. The molecule has 0 aliphatic carbocycles. The van der Waals surface area contributed by atoms with Crippen LogP contribution in [0.5, 0.6) is 0 Å². The standard InChI is InChI=1S/C27H37F3N4O4/c1-25(2,3)23(27(7,8)37)32-22(35)20-19-14-33(24(36)38-26(4,5)6)10-9-11-34(19)21(31-20)15-12-17(29)18(30)13-16(15)28/h12-13,23,37H,9-11,14H2,1-8H3,(H,32,35)/t23-/m0/s1. The molecule has 0 saturated heterocycles. The first-order chi connectivity index (χ1) is 17.3. The molecule has 11 heteroatoms. The van der Waals surface area contributed by atoms with Gasteiger partial charge >= 0.3 is 6.09 Å². The van der Waals surface area contributed by atoms with Gasteiger partial charge in [0.15, 0.2) is 17.3 Å². The van der Waals surface area contributed by atoms with Gasteiger partial charge in [-0.05, 0) is 52.5 Å². The number of nitrogens with one attached hydrogen (secondary N) is 1. The van der Waals surface area contributed by atoms with Crippen molar-refractivity contribution >= 4 is 12.0 Å². The number of hydrogen-bond donors (Lipinski definition) is 2. The normalized spacial score (nSPS) is 15.5. The molecule has 0 spiro atoms. The summed E-state index contributed by atoms with van der Waals surface area (Å²) < 4.78 is 49.7. The van der Waals surface area contributed by atoms with Gasteiger partial charge < -0.3 is 24.6 Å². The number of imidazole rings is 1. The van der Waals surface area contributed by atoms with Crippen LogP contribution in [-0.2, 0) is 17.8 Å². The molecule has 0 saturated carbocycles. The van der Waals surface area contributed by atoms with Crippen molar-refractivity contribution in [2.24, 2.45) is 5.41 Å². The van der Waals surface area contributed by atoms with E-state index in [2.05, 4.69) is 10.3 Å². The average molecular weight is 539 g/mol. The molecule has 210 valence electrons. The molecule has 2 heterocycles. The number of carbonyl (C=O) groups is 2. The highest BCUT2D eigenvalue weighted by molar-refractivity contribution is 5.94. The number of amides is 2. The highest BCUT2D eigenvalue weighted by Gasteiger charge is 2.39. The minimum absolute atomic E-state index is 0.0665. The average Bonchev–Trinajstić information content (AvgIpc) is 2.93. The van der Waals surface area contributed by atoms with Crippen molar-refractivity contribution in [3.63, 3.8) is 0 Å². The van der Waals surface area contributed by atoms with Gasteiger partial charge in [0.2, 0.25) is 0 Å². The molecule has 1 aromatic heterocycles. The third-order valence-corrected chi connectivity index (χ3v) is 6.19. The topological polar surface area (TPSA) is 96.7 Å². The van der Waals surface area contributed by atoms with Crippen molar-refractivity contribution < 1.29 is 32.6 Å². The van der Waals surface area contributed by atoms with Crippen molar-refractivity contribution in [1.29, 1.82) is 0 Å². The molecular formula is C27H37F3N4O4. The zero-order chi connectivity index (χ0) is 28.8. The fourth-order valence-corrected chi connectivity index (χ4v) is 4.78. The zero-order valence-electron chi connectivity index (χ0n) is 23.2. The van der Waals surface area contributed by atoms with E-state index >= 15 is 0 Å². The lowest BCUT2D eigenvalue weighted by molar-refractivity contribution is -0.00383. The minimum atomic E-state index is -1.35. The summed E-state index contributed by atoms with van der Waals surface area (Å²) in [6.45, 7) is 14.4. The number of rotatable bonds is 4. The lowest BCUT2D eigenvalue weighted by Gasteiger charge is -2.39. The van der Waals surface area contributed by atoms with Crippen molar-refractivity contribution in [3.8, 4) is 11.4 Å². The fraction of sp³-hybridized carbons (Fsp3) is 0.593. The van der Waals surface area contributed by atoms with Gasteiger partial charge in [0, 0.05) is 19.2 Å². The van der Waals surface area contributed by atoms with Gasteiger partial charge in [0.05, 0.1) is 29.4 Å². The van der Waals surface area contributed by atoms with Crippen molar-refractivity contribution in [1.82, 2.24) is 19.8 Å². The third-order valence-electron chi connectivity index (χ3n) is 6.19. The van der Waals surface area contributed by atoms with Crippen molar-refractivity contribution in [2.45, 2.75) is 92.1 Å². The summed E-state index contributed by atoms with van der Waals surface area (Å²) in [5.41, 5.74) is -2.75. The molecule has 38 heavy (non-hydrogen) atoms. The molecule has 8 nitrogen and oxygen atoms in total. The minimum Gasteiger partial charge on any atom is -0.444 e. The summed E-state index contributed by atoms with van der Waals surface area (Å²) in [6, 6.07) is 0.420. The maximum Gasteiger partial charge on any atom is 0.410 e. The molecule has 0 fully saturated rings. The smallest absolute Gasteiger partial charge is 0.410 e. The van der Waals surface area contributed by atoms with Crippen LogP contribution in [0.2, 0.25) is 0 Å². The van der Waals surface area contributed by atoms with Crippen LogP contribution in [0.25, 0.3) is 11.4 Å². The number of carbonyl (C=O) groups excluding carboxylic acids is 2. The summed E-state index contributed by atoms with van der Waals surface area (Å²) in [5.74, 6) is -4.37. The van der Waals surface area contributed by atoms with Crippen LogP contribution >= 0.6 is 0 Å². The molecule has 2 N–H and O–H groups in total. The van der Waals surface area contributed by atoms with E-state index in [4.69, 9.17) is 4.74 Å². The Morgan fingerprint density at radius 2 is 1.61 bits per heavy atom. The predicted octanol–water partition coefficient (Wildman–Crippen LogP) is 5.02. The Kier molecular flexibility index (Phi) is 7.94. The van der Waals surface area contributed by atoms with Gasteiger partial charge in [-0.3, -0.25) is 4.79 Å². The number of ether oxygens (including phenoxy) is 1. The van der Waals surface area contributed by atoms with Crippen LogP contribution < -0.4 is 5.32 Å². The second-order valence-corrected chi connectivity index (χ2v) is 12.3. The van der Waals surface area contributed by atoms with E-state index in [1.165, 1.54) is 4.90 Å². The summed E-state index contributed by atoms with van der Waals surface area (Å²) >= 11 is 0. The molecule has 0 unspecified atom stereocenters. The van der Waals surface area contributed by atoms with Crippen LogP contribution in [-0.4, -0.2) is 55.3 Å². The van der Waals surface area contributed by atoms with Crippen LogP contribution in [0.1, 0.15) is 78.0 Å². The van der Waals surface area contributed by atoms with E-state index in [9.17, 15) is 27.9 Å². The van der Waals surface area contributed by atoms with Gasteiger partial charge in [0.1, 0.15) is 17.2 Å². The van der Waals surface area contributed by atoms with Gasteiger partial charge in [-0.15, -0.1) is 0 Å². The van der Waals surface area contributed by atoms with E-state index in [1.807, 2.05) is 20.8 Å². The predicted molar refractivity (Wildman–Crippen MR) is 136 cm³/mol. The largest absolute Gasteiger partial charge is 0.444 e. The monoisotopic (exact) mass is 538 g/mol. The van der Waals surface area contributed by atoms with Crippen molar-refractivity contribution in [3.05, 3.63) is 41.0 Å². The quantitative estimate of drug-likeness (QED) is 0.533. The Morgan fingerprint density at radius 1 is 1.00 bits per heavy atom. The van der Waals surface area contributed by atoms with E-state index in [1.54, 1.807) is 39.2 Å². The maximum absolute atomic E-state index is 14.8. The van der Waals surface area contributed by atoms with Crippen LogP contribution in [0, 0.1) is 22.9 Å². The van der Waals surface area contributed by atoms with E-state index in [-0.39, 0.29) is 42.4 Å². The summed E-state index contributed by atoms with van der Waals surface area (Å²) in [6.07, 6.45) is -0.181. The Labute approximate surface area is 221 Å². The van der Waals surface area contributed by atoms with E-state index < -0.39 is 52.1 Å². The lowest BCUT2D eigenvalue weighted by Crippen LogP contribution is -2.56. The molecule has 1 aliphatic heterocycles. The van der Waals surface area contributed by atoms with Gasteiger partial charge in [-0.25, -0.2) is 22.9 Å². The molecule has 0 radical (unpaired) electrons. The third kappa shape index (κ3) is 6.48. The Hall–Kier alpha value is -3.08. The highest BCUT2D eigenvalue weighted by atomic mass is 19.2. The van der Waals surface area contributed by atoms with Crippen LogP contribution in [0.15, 0.2) is 12.1 Å². The Bertz CT molecular complexity index is 1210. The number of benzene rings is 1. The number of halogens is 3. The van der Waals surface area contributed by atoms with E-state index in [0.717, 1.165) is 0 Å². The molecular weight excluding hydrogens is 501 g/mol. The summed E-state index contributed by atoms with van der Waals surface area (Å²) in [7, 11) is 0. The van der Waals surface area contributed by atoms with Gasteiger partial charge in [-0.1, -0.05) is 20.8 Å². The first-order valence-corrected chi connectivity index (χ1v) is 12.5. The zero-order valence-corrected chi connectivity index (χ0v) is 23.2. The van der Waals surface area contributed by atoms with Gasteiger partial charge in [0.25, 0.3) is 5.91 Å². The number of nitrogens with zero attached hydrogens (tertiary/aromatic N) is 3. The molecule has 0 bridgehead atoms. The molecule has 1 atom stereocenters. The maximum atomic E-state index is 14.8. The van der Waals surface area contributed by atoms with Crippen LogP contribution in [0.3, 0.4) is 0 Å². The van der Waals surface area contributed by atoms with Crippen LogP contribution in [0.4, 0.5) is 18.0 Å². The molecule has 3 rings (SSSR count). The Morgan fingerprint density at radius 3 is 2.16 bits per heavy atom. The fourth-order valence-electron chi connectivity index (χ4n) is 4.78. The SMILES string of the molecule is CC(C)(C)OC(=O)N1CCCn2c(-c3cc(F)c(F)cc3F)nc(C(=O)N[C@@H](C(C)(C)C)C(C)(C)O)c2C1. The molecule has 2 amide bonds. The molecule has 1 aromatic carbocycles. The second kappa shape index (κ2) is 10.2. The van der Waals surface area contributed by atoms with E-state index in [0.29, 0.717) is 18.6 Å². The summed E-state index contributed by atoms with van der Waals surface area (Å²) in [5, 5.41) is 13.6. The Balaban J connectivity index is 2.15. The van der Waals surface area contributed by atoms with Crippen molar-refractivity contribution in [2.75, 3.05) is 6.54 Å². The number of hydrogen-bond acceptors (Lipinski definition) is 5. The highest BCUT2D eigenvalue weighted by Crippen LogP contribution is 2.32. The number of fused-ring (bicyclic) bond motifs is 1. The number of aromatic nitrogens is 2. The number of aliphatic hydroxyl groups is 1. The van der Waals surface area contributed by atoms with Gasteiger partial charge in [-0.2, -0.15) is 0 Å². The lowest BCUT2D eigenvalue weighted by atomic mass is 9.77. The first-order valence-electron chi connectivity index (χ1n) is 12.5.